The maximum atomic E-state index is 12.3. The fraction of sp³-hybridized carbons (Fsp3) is 0.312. The van der Waals surface area contributed by atoms with Crippen LogP contribution in [-0.2, 0) is 4.74 Å². The number of hydrogen-bond donors (Lipinski definition) is 0. The van der Waals surface area contributed by atoms with Gasteiger partial charge >= 0.3 is 6.09 Å². The van der Waals surface area contributed by atoms with Crippen molar-refractivity contribution < 1.29 is 9.53 Å². The standard InChI is InChI=1S/C16H17Br2NO2/c1-10-5-6-11(7-13(10)18)14-8-12(17)9-19(14)15(20)21-16(2,3)4/h5-9H,1-4H3. The summed E-state index contributed by atoms with van der Waals surface area (Å²) in [6.45, 7) is 7.58. The first-order valence-electron chi connectivity index (χ1n) is 6.55. The molecule has 0 amide bonds. The highest BCUT2D eigenvalue weighted by Gasteiger charge is 2.21. The first kappa shape index (κ1) is 16.3. The lowest BCUT2D eigenvalue weighted by Gasteiger charge is -2.20. The fourth-order valence-electron chi connectivity index (χ4n) is 1.87. The van der Waals surface area contributed by atoms with Gasteiger partial charge < -0.3 is 4.74 Å². The van der Waals surface area contributed by atoms with Crippen LogP contribution in [0.15, 0.2) is 39.4 Å². The van der Waals surface area contributed by atoms with Crippen molar-refractivity contribution >= 4 is 38.0 Å². The Labute approximate surface area is 141 Å². The van der Waals surface area contributed by atoms with Crippen LogP contribution in [-0.4, -0.2) is 16.3 Å². The average molecular weight is 415 g/mol. The van der Waals surface area contributed by atoms with Gasteiger partial charge in [-0.15, -0.1) is 0 Å². The molecule has 0 aliphatic carbocycles. The van der Waals surface area contributed by atoms with Crippen molar-refractivity contribution in [2.24, 2.45) is 0 Å². The Morgan fingerprint density at radius 3 is 2.43 bits per heavy atom. The summed E-state index contributed by atoms with van der Waals surface area (Å²) < 4.78 is 8.81. The highest BCUT2D eigenvalue weighted by molar-refractivity contribution is 9.10. The Morgan fingerprint density at radius 2 is 1.86 bits per heavy atom. The van der Waals surface area contributed by atoms with Crippen molar-refractivity contribution in [1.29, 1.82) is 0 Å². The summed E-state index contributed by atoms with van der Waals surface area (Å²) in [6.07, 6.45) is 1.33. The summed E-state index contributed by atoms with van der Waals surface area (Å²) in [5.74, 6) is 0. The van der Waals surface area contributed by atoms with Gasteiger partial charge in [-0.1, -0.05) is 28.1 Å². The lowest BCUT2D eigenvalue weighted by atomic mass is 10.1. The Balaban J connectivity index is 2.45. The van der Waals surface area contributed by atoms with E-state index in [-0.39, 0.29) is 6.09 Å². The van der Waals surface area contributed by atoms with Crippen molar-refractivity contribution in [3.8, 4) is 11.3 Å². The van der Waals surface area contributed by atoms with Gasteiger partial charge in [-0.05, 0) is 66.9 Å². The van der Waals surface area contributed by atoms with Crippen LogP contribution in [0, 0.1) is 6.92 Å². The Kier molecular flexibility index (Phi) is 4.63. The molecule has 0 aliphatic heterocycles. The molecule has 0 aliphatic rings. The molecule has 0 fully saturated rings. The molecule has 112 valence electrons. The van der Waals surface area contributed by atoms with E-state index in [1.807, 2.05) is 52.0 Å². The molecule has 0 saturated carbocycles. The number of carbonyl (C=O) groups excluding carboxylic acids is 1. The van der Waals surface area contributed by atoms with E-state index in [0.29, 0.717) is 0 Å². The molecule has 0 bridgehead atoms. The molecule has 1 heterocycles. The van der Waals surface area contributed by atoms with E-state index < -0.39 is 5.60 Å². The van der Waals surface area contributed by atoms with E-state index in [0.717, 1.165) is 25.8 Å². The van der Waals surface area contributed by atoms with E-state index >= 15 is 0 Å². The molecule has 1 aromatic carbocycles. The van der Waals surface area contributed by atoms with Crippen LogP contribution in [0.5, 0.6) is 0 Å². The number of benzene rings is 1. The molecule has 0 radical (unpaired) electrons. The predicted octanol–water partition coefficient (Wildman–Crippen LogP) is 5.77. The third-order valence-corrected chi connectivity index (χ3v) is 4.13. The van der Waals surface area contributed by atoms with Crippen molar-refractivity contribution in [3.05, 3.63) is 45.0 Å². The topological polar surface area (TPSA) is 31.2 Å². The van der Waals surface area contributed by atoms with Gasteiger partial charge in [-0.2, -0.15) is 0 Å². The minimum Gasteiger partial charge on any atom is -0.443 e. The van der Waals surface area contributed by atoms with Gasteiger partial charge in [0, 0.05) is 15.1 Å². The zero-order valence-corrected chi connectivity index (χ0v) is 15.6. The molecular weight excluding hydrogens is 398 g/mol. The Hall–Kier alpha value is -1.07. The Morgan fingerprint density at radius 1 is 1.19 bits per heavy atom. The lowest BCUT2D eigenvalue weighted by Crippen LogP contribution is -2.27. The highest BCUT2D eigenvalue weighted by atomic mass is 79.9. The summed E-state index contributed by atoms with van der Waals surface area (Å²) in [6, 6.07) is 7.90. The summed E-state index contributed by atoms with van der Waals surface area (Å²) in [7, 11) is 0. The lowest BCUT2D eigenvalue weighted by molar-refractivity contribution is 0.0540. The number of rotatable bonds is 1. The van der Waals surface area contributed by atoms with E-state index in [1.165, 1.54) is 4.57 Å². The first-order chi connectivity index (χ1) is 9.67. The molecular formula is C16H17Br2NO2. The van der Waals surface area contributed by atoms with Gasteiger partial charge in [-0.25, -0.2) is 4.79 Å². The minimum absolute atomic E-state index is 0.389. The zero-order valence-electron chi connectivity index (χ0n) is 12.4. The Bertz CT molecular complexity index is 684. The third kappa shape index (κ3) is 3.98. The monoisotopic (exact) mass is 413 g/mol. The SMILES string of the molecule is Cc1ccc(-c2cc(Br)cn2C(=O)OC(C)(C)C)cc1Br. The average Bonchev–Trinajstić information content (AvgIpc) is 2.73. The molecule has 5 heteroatoms. The van der Waals surface area contributed by atoms with Crippen LogP contribution in [0.1, 0.15) is 26.3 Å². The van der Waals surface area contributed by atoms with Gasteiger partial charge in [-0.3, -0.25) is 4.57 Å². The van der Waals surface area contributed by atoms with Crippen LogP contribution in [0.2, 0.25) is 0 Å². The molecule has 2 aromatic rings. The third-order valence-electron chi connectivity index (χ3n) is 2.84. The van der Waals surface area contributed by atoms with E-state index in [2.05, 4.69) is 31.9 Å². The van der Waals surface area contributed by atoms with Gasteiger partial charge in [0.25, 0.3) is 0 Å². The highest BCUT2D eigenvalue weighted by Crippen LogP contribution is 2.29. The van der Waals surface area contributed by atoms with E-state index in [1.54, 1.807) is 6.20 Å². The van der Waals surface area contributed by atoms with Crippen molar-refractivity contribution in [3.63, 3.8) is 0 Å². The number of aromatic nitrogens is 1. The smallest absolute Gasteiger partial charge is 0.419 e. The second-order valence-corrected chi connectivity index (χ2v) is 7.63. The largest absolute Gasteiger partial charge is 0.443 e. The zero-order chi connectivity index (χ0) is 15.8. The van der Waals surface area contributed by atoms with Gasteiger partial charge in [0.05, 0.1) is 5.69 Å². The molecule has 0 unspecified atom stereocenters. The summed E-state index contributed by atoms with van der Waals surface area (Å²) in [5, 5.41) is 0. The molecule has 0 saturated heterocycles. The van der Waals surface area contributed by atoms with Crippen LogP contribution in [0.3, 0.4) is 0 Å². The van der Waals surface area contributed by atoms with Gasteiger partial charge in [0.2, 0.25) is 0 Å². The maximum Gasteiger partial charge on any atom is 0.419 e. The van der Waals surface area contributed by atoms with Crippen LogP contribution < -0.4 is 0 Å². The van der Waals surface area contributed by atoms with Crippen LogP contribution in [0.25, 0.3) is 11.3 Å². The van der Waals surface area contributed by atoms with Gasteiger partial charge in [0.1, 0.15) is 5.60 Å². The van der Waals surface area contributed by atoms with Crippen molar-refractivity contribution in [2.75, 3.05) is 0 Å². The molecule has 3 nitrogen and oxygen atoms in total. The number of aryl methyl sites for hydroxylation is 1. The summed E-state index contributed by atoms with van der Waals surface area (Å²) in [4.78, 5) is 12.3. The number of carbonyl (C=O) groups is 1. The number of hydrogen-bond acceptors (Lipinski definition) is 2. The number of ether oxygens (including phenoxy) is 1. The molecule has 0 atom stereocenters. The molecule has 21 heavy (non-hydrogen) atoms. The number of halogens is 2. The fourth-order valence-corrected chi connectivity index (χ4v) is 2.67. The van der Waals surface area contributed by atoms with Crippen LogP contribution >= 0.6 is 31.9 Å². The summed E-state index contributed by atoms with van der Waals surface area (Å²) in [5.41, 5.74) is 2.35. The van der Waals surface area contributed by atoms with Gasteiger partial charge in [0.15, 0.2) is 0 Å². The van der Waals surface area contributed by atoms with Crippen molar-refractivity contribution in [1.82, 2.24) is 4.57 Å². The summed E-state index contributed by atoms with van der Waals surface area (Å²) >= 11 is 6.94. The maximum absolute atomic E-state index is 12.3. The first-order valence-corrected chi connectivity index (χ1v) is 8.14. The second-order valence-electron chi connectivity index (χ2n) is 5.86. The normalized spacial score (nSPS) is 11.5. The number of nitrogens with zero attached hydrogens (tertiary/aromatic N) is 1. The molecule has 2 rings (SSSR count). The molecule has 0 N–H and O–H groups in total. The minimum atomic E-state index is -0.529. The van der Waals surface area contributed by atoms with Crippen LogP contribution in [0.4, 0.5) is 4.79 Å². The molecule has 0 spiro atoms. The second kappa shape index (κ2) is 5.97. The molecule has 1 aromatic heterocycles. The van der Waals surface area contributed by atoms with E-state index in [9.17, 15) is 4.79 Å². The van der Waals surface area contributed by atoms with E-state index in [4.69, 9.17) is 4.74 Å². The predicted molar refractivity (Wildman–Crippen MR) is 91.6 cm³/mol. The van der Waals surface area contributed by atoms with Crippen molar-refractivity contribution in [2.45, 2.75) is 33.3 Å². The quantitative estimate of drug-likeness (QED) is 0.592.